The van der Waals surface area contributed by atoms with Crippen LogP contribution in [0, 0.1) is 0 Å². The van der Waals surface area contributed by atoms with E-state index in [4.69, 9.17) is 10.3 Å². The fourth-order valence-corrected chi connectivity index (χ4v) is 4.31. The van der Waals surface area contributed by atoms with Crippen molar-refractivity contribution >= 4 is 33.6 Å². The number of rotatable bonds is 2. The highest BCUT2D eigenvalue weighted by Crippen LogP contribution is 2.37. The summed E-state index contributed by atoms with van der Waals surface area (Å²) in [6, 6.07) is 6.41. The lowest BCUT2D eigenvalue weighted by Gasteiger charge is -2.23. The van der Waals surface area contributed by atoms with Gasteiger partial charge in [0.15, 0.2) is 0 Å². The molecule has 1 fully saturated rings. The molecule has 0 atom stereocenters. The first-order valence-corrected chi connectivity index (χ1v) is 8.28. The largest absolute Gasteiger partial charge is 0.367 e. The Bertz CT molecular complexity index is 579. The van der Waals surface area contributed by atoms with Crippen LogP contribution in [0.15, 0.2) is 33.4 Å². The van der Waals surface area contributed by atoms with Gasteiger partial charge in [-0.25, -0.2) is 0 Å². The second-order valence-electron chi connectivity index (χ2n) is 4.73. The van der Waals surface area contributed by atoms with Crippen LogP contribution in [-0.4, -0.2) is 16.7 Å². The third kappa shape index (κ3) is 2.67. The average molecular weight is 339 g/mol. The second-order valence-corrected chi connectivity index (χ2v) is 6.81. The highest BCUT2D eigenvalue weighted by Gasteiger charge is 2.19. The summed E-state index contributed by atoms with van der Waals surface area (Å²) in [5, 5.41) is 3.72. The van der Waals surface area contributed by atoms with E-state index >= 15 is 0 Å². The molecule has 19 heavy (non-hydrogen) atoms. The standard InChI is InChI=1S/C14H15BrN2OS/c15-13-7-10(12-8-17-18-14(12)16)1-2-11(13)9-3-5-19-6-4-9/h1-2,7-9H,3-6,16H2. The average Bonchev–Trinajstić information content (AvgIpc) is 2.86. The topological polar surface area (TPSA) is 52.0 Å². The zero-order chi connectivity index (χ0) is 13.2. The van der Waals surface area contributed by atoms with Crippen LogP contribution in [0.5, 0.6) is 0 Å². The Labute approximate surface area is 125 Å². The summed E-state index contributed by atoms with van der Waals surface area (Å²) in [4.78, 5) is 0. The predicted molar refractivity (Wildman–Crippen MR) is 83.4 cm³/mol. The molecule has 0 aliphatic carbocycles. The summed E-state index contributed by atoms with van der Waals surface area (Å²) in [6.45, 7) is 0. The molecule has 3 rings (SSSR count). The Kier molecular flexibility index (Phi) is 3.84. The first-order chi connectivity index (χ1) is 9.25. The van der Waals surface area contributed by atoms with Gasteiger partial charge in [-0.05, 0) is 47.5 Å². The lowest BCUT2D eigenvalue weighted by atomic mass is 9.92. The molecule has 0 amide bonds. The number of thioether (sulfide) groups is 1. The molecule has 3 nitrogen and oxygen atoms in total. The monoisotopic (exact) mass is 338 g/mol. The minimum absolute atomic E-state index is 0.369. The van der Waals surface area contributed by atoms with E-state index in [1.165, 1.54) is 29.9 Å². The molecular weight excluding hydrogens is 324 g/mol. The highest BCUT2D eigenvalue weighted by molar-refractivity contribution is 9.10. The van der Waals surface area contributed by atoms with Crippen LogP contribution in [0.4, 0.5) is 5.88 Å². The van der Waals surface area contributed by atoms with Crippen LogP contribution in [-0.2, 0) is 0 Å². The number of benzene rings is 1. The fraction of sp³-hybridized carbons (Fsp3) is 0.357. The second kappa shape index (κ2) is 5.59. The van der Waals surface area contributed by atoms with E-state index in [0.717, 1.165) is 15.6 Å². The maximum atomic E-state index is 5.76. The van der Waals surface area contributed by atoms with Crippen LogP contribution < -0.4 is 5.73 Å². The van der Waals surface area contributed by atoms with Crippen molar-refractivity contribution in [3.8, 4) is 11.1 Å². The molecule has 2 N–H and O–H groups in total. The van der Waals surface area contributed by atoms with Gasteiger partial charge in [0, 0.05) is 4.47 Å². The van der Waals surface area contributed by atoms with Crippen molar-refractivity contribution in [2.24, 2.45) is 0 Å². The summed E-state index contributed by atoms with van der Waals surface area (Å²) in [5.41, 5.74) is 9.05. The molecule has 2 heterocycles. The summed E-state index contributed by atoms with van der Waals surface area (Å²) in [5.74, 6) is 3.56. The minimum atomic E-state index is 0.369. The van der Waals surface area contributed by atoms with Crippen molar-refractivity contribution in [3.05, 3.63) is 34.4 Å². The lowest BCUT2D eigenvalue weighted by Crippen LogP contribution is -2.08. The number of nitrogens with zero attached hydrogens (tertiary/aromatic N) is 1. The third-order valence-corrected chi connectivity index (χ3v) is 5.31. The minimum Gasteiger partial charge on any atom is -0.367 e. The molecule has 100 valence electrons. The third-order valence-electron chi connectivity index (χ3n) is 3.57. The molecular formula is C14H15BrN2OS. The van der Waals surface area contributed by atoms with E-state index in [0.29, 0.717) is 11.8 Å². The number of nitrogen functional groups attached to an aromatic ring is 1. The normalized spacial score (nSPS) is 16.7. The Morgan fingerprint density at radius 1 is 1.32 bits per heavy atom. The first-order valence-electron chi connectivity index (χ1n) is 6.33. The molecule has 1 aromatic carbocycles. The van der Waals surface area contributed by atoms with Gasteiger partial charge in [0.2, 0.25) is 5.88 Å². The van der Waals surface area contributed by atoms with Crippen molar-refractivity contribution in [3.63, 3.8) is 0 Å². The molecule has 1 aliphatic heterocycles. The number of aromatic nitrogens is 1. The quantitative estimate of drug-likeness (QED) is 0.886. The number of hydrogen-bond donors (Lipinski definition) is 1. The SMILES string of the molecule is Nc1oncc1-c1ccc(C2CCSCC2)c(Br)c1. The molecule has 5 heteroatoms. The summed E-state index contributed by atoms with van der Waals surface area (Å²) < 4.78 is 6.07. The van der Waals surface area contributed by atoms with E-state index in [1.54, 1.807) is 6.20 Å². The van der Waals surface area contributed by atoms with Gasteiger partial charge in [-0.15, -0.1) is 0 Å². The molecule has 2 aromatic rings. The van der Waals surface area contributed by atoms with Gasteiger partial charge >= 0.3 is 0 Å². The van der Waals surface area contributed by atoms with E-state index in [2.05, 4.69) is 39.3 Å². The van der Waals surface area contributed by atoms with Gasteiger partial charge in [-0.3, -0.25) is 0 Å². The summed E-state index contributed by atoms with van der Waals surface area (Å²) in [7, 11) is 0. The van der Waals surface area contributed by atoms with Gasteiger partial charge in [0.1, 0.15) is 0 Å². The van der Waals surface area contributed by atoms with Crippen LogP contribution in [0.2, 0.25) is 0 Å². The van der Waals surface area contributed by atoms with Gasteiger partial charge < -0.3 is 10.3 Å². The maximum absolute atomic E-state index is 5.76. The Hall–Kier alpha value is -0.940. The molecule has 1 aromatic heterocycles. The van der Waals surface area contributed by atoms with Gasteiger partial charge in [-0.1, -0.05) is 33.2 Å². The number of halogens is 1. The molecule has 0 saturated carbocycles. The highest BCUT2D eigenvalue weighted by atomic mass is 79.9. The molecule has 0 spiro atoms. The Morgan fingerprint density at radius 2 is 2.11 bits per heavy atom. The lowest BCUT2D eigenvalue weighted by molar-refractivity contribution is 0.436. The van der Waals surface area contributed by atoms with Crippen molar-refractivity contribution in [2.45, 2.75) is 18.8 Å². The van der Waals surface area contributed by atoms with E-state index in [1.807, 2.05) is 11.8 Å². The summed E-state index contributed by atoms with van der Waals surface area (Å²) in [6.07, 6.45) is 4.18. The van der Waals surface area contributed by atoms with Crippen LogP contribution >= 0.6 is 27.7 Å². The van der Waals surface area contributed by atoms with E-state index < -0.39 is 0 Å². The van der Waals surface area contributed by atoms with Gasteiger partial charge in [-0.2, -0.15) is 11.8 Å². The van der Waals surface area contributed by atoms with Crippen LogP contribution in [0.1, 0.15) is 24.3 Å². The molecule has 0 bridgehead atoms. The van der Waals surface area contributed by atoms with Crippen molar-refractivity contribution in [2.75, 3.05) is 17.2 Å². The smallest absolute Gasteiger partial charge is 0.229 e. The maximum Gasteiger partial charge on any atom is 0.229 e. The molecule has 1 aliphatic rings. The van der Waals surface area contributed by atoms with E-state index in [9.17, 15) is 0 Å². The molecule has 0 unspecified atom stereocenters. The summed E-state index contributed by atoms with van der Waals surface area (Å²) >= 11 is 5.74. The van der Waals surface area contributed by atoms with E-state index in [-0.39, 0.29) is 0 Å². The van der Waals surface area contributed by atoms with Gasteiger partial charge in [0.25, 0.3) is 0 Å². The Morgan fingerprint density at radius 3 is 2.74 bits per heavy atom. The zero-order valence-electron chi connectivity index (χ0n) is 10.4. The zero-order valence-corrected chi connectivity index (χ0v) is 12.8. The molecule has 0 radical (unpaired) electrons. The van der Waals surface area contributed by atoms with Crippen molar-refractivity contribution in [1.82, 2.24) is 5.16 Å². The van der Waals surface area contributed by atoms with Crippen molar-refractivity contribution in [1.29, 1.82) is 0 Å². The number of hydrogen-bond acceptors (Lipinski definition) is 4. The predicted octanol–water partition coefficient (Wildman–Crippen LogP) is 4.30. The van der Waals surface area contributed by atoms with Crippen LogP contribution in [0.3, 0.4) is 0 Å². The number of anilines is 1. The Balaban J connectivity index is 1.91. The van der Waals surface area contributed by atoms with Crippen molar-refractivity contribution < 1.29 is 4.52 Å². The van der Waals surface area contributed by atoms with Crippen LogP contribution in [0.25, 0.3) is 11.1 Å². The molecule has 1 saturated heterocycles. The first kappa shape index (κ1) is 13.1. The van der Waals surface area contributed by atoms with Gasteiger partial charge in [0.05, 0.1) is 11.8 Å². The number of nitrogens with two attached hydrogens (primary N) is 1. The fourth-order valence-electron chi connectivity index (χ4n) is 2.50.